The van der Waals surface area contributed by atoms with Crippen molar-refractivity contribution in [2.24, 2.45) is 0 Å². The van der Waals surface area contributed by atoms with Gasteiger partial charge >= 0.3 is 5.69 Å². The standard InChI is InChI=1S/C13H13F3N2O4/c1-6-4-22-5-7(2)17(6)13(19)8-3-9(18(20)21)11(15)12(16)10(8)14/h3,6-7H,4-5H2,1-2H3. The Hall–Kier alpha value is -2.16. The number of morpholine rings is 1. The summed E-state index contributed by atoms with van der Waals surface area (Å²) in [5.41, 5.74) is -2.15. The van der Waals surface area contributed by atoms with E-state index in [2.05, 4.69) is 0 Å². The fourth-order valence-electron chi connectivity index (χ4n) is 2.42. The molecular weight excluding hydrogens is 305 g/mol. The summed E-state index contributed by atoms with van der Waals surface area (Å²) >= 11 is 0. The topological polar surface area (TPSA) is 72.7 Å². The monoisotopic (exact) mass is 318 g/mol. The predicted molar refractivity (Wildman–Crippen MR) is 68.9 cm³/mol. The third kappa shape index (κ3) is 2.63. The Labute approximate surface area is 123 Å². The summed E-state index contributed by atoms with van der Waals surface area (Å²) in [4.78, 5) is 23.1. The normalized spacial score (nSPS) is 21.8. The highest BCUT2D eigenvalue weighted by Gasteiger charge is 2.35. The first-order valence-corrected chi connectivity index (χ1v) is 6.48. The van der Waals surface area contributed by atoms with Gasteiger partial charge in [-0.2, -0.15) is 4.39 Å². The Morgan fingerprint density at radius 3 is 2.27 bits per heavy atom. The SMILES string of the molecule is CC1COCC(C)N1C(=O)c1cc([N+](=O)[O-])c(F)c(F)c1F. The van der Waals surface area contributed by atoms with Crippen LogP contribution in [0.15, 0.2) is 6.07 Å². The van der Waals surface area contributed by atoms with Gasteiger partial charge in [0.1, 0.15) is 0 Å². The van der Waals surface area contributed by atoms with Crippen molar-refractivity contribution in [3.63, 3.8) is 0 Å². The zero-order valence-corrected chi connectivity index (χ0v) is 11.8. The molecule has 1 aliphatic rings. The molecular formula is C13H13F3N2O4. The molecule has 6 nitrogen and oxygen atoms in total. The van der Waals surface area contributed by atoms with Crippen LogP contribution in [0, 0.1) is 27.6 Å². The third-order valence-electron chi connectivity index (χ3n) is 3.46. The van der Waals surface area contributed by atoms with E-state index < -0.39 is 51.6 Å². The number of benzene rings is 1. The van der Waals surface area contributed by atoms with E-state index in [-0.39, 0.29) is 13.2 Å². The van der Waals surface area contributed by atoms with Gasteiger partial charge in [-0.15, -0.1) is 0 Å². The van der Waals surface area contributed by atoms with Crippen LogP contribution in [0.25, 0.3) is 0 Å². The van der Waals surface area contributed by atoms with Gasteiger partial charge < -0.3 is 9.64 Å². The fraction of sp³-hybridized carbons (Fsp3) is 0.462. The largest absolute Gasteiger partial charge is 0.377 e. The van der Waals surface area contributed by atoms with Crippen LogP contribution in [0.2, 0.25) is 0 Å². The van der Waals surface area contributed by atoms with Gasteiger partial charge in [-0.25, -0.2) is 8.78 Å². The molecule has 0 bridgehead atoms. The molecule has 1 heterocycles. The molecule has 2 unspecified atom stereocenters. The molecule has 0 aliphatic carbocycles. The van der Waals surface area contributed by atoms with Crippen molar-refractivity contribution in [2.45, 2.75) is 25.9 Å². The molecule has 0 N–H and O–H groups in total. The number of halogens is 3. The number of amides is 1. The number of carbonyl (C=O) groups excluding carboxylic acids is 1. The molecule has 0 radical (unpaired) electrons. The first-order chi connectivity index (χ1) is 10.3. The lowest BCUT2D eigenvalue weighted by Gasteiger charge is -2.38. The molecule has 2 rings (SSSR count). The molecule has 1 aromatic rings. The van der Waals surface area contributed by atoms with Gasteiger partial charge in [-0.05, 0) is 13.8 Å². The van der Waals surface area contributed by atoms with Crippen molar-refractivity contribution in [3.05, 3.63) is 39.2 Å². The minimum atomic E-state index is -2.04. The summed E-state index contributed by atoms with van der Waals surface area (Å²) in [5.74, 6) is -6.64. The lowest BCUT2D eigenvalue weighted by Crippen LogP contribution is -2.52. The maximum absolute atomic E-state index is 13.8. The Kier molecular flexibility index (Phi) is 4.36. The summed E-state index contributed by atoms with van der Waals surface area (Å²) in [6, 6.07) is -0.434. The van der Waals surface area contributed by atoms with Crippen LogP contribution in [0.5, 0.6) is 0 Å². The summed E-state index contributed by atoms with van der Waals surface area (Å²) in [6.45, 7) is 3.67. The molecule has 9 heteroatoms. The maximum Gasteiger partial charge on any atom is 0.308 e. The molecule has 1 fully saturated rings. The van der Waals surface area contributed by atoms with Gasteiger partial charge in [0.25, 0.3) is 5.91 Å². The molecule has 0 saturated carbocycles. The van der Waals surface area contributed by atoms with Crippen LogP contribution in [-0.4, -0.2) is 41.0 Å². The second kappa shape index (κ2) is 5.91. The predicted octanol–water partition coefficient (Wildman–Crippen LogP) is 2.26. The number of rotatable bonds is 2. The van der Waals surface area contributed by atoms with E-state index >= 15 is 0 Å². The minimum absolute atomic E-state index is 0.198. The fourth-order valence-corrected chi connectivity index (χ4v) is 2.42. The Morgan fingerprint density at radius 1 is 1.23 bits per heavy atom. The van der Waals surface area contributed by atoms with Crippen LogP contribution >= 0.6 is 0 Å². The lowest BCUT2D eigenvalue weighted by atomic mass is 10.1. The van der Waals surface area contributed by atoms with Gasteiger partial charge in [0, 0.05) is 6.07 Å². The first-order valence-electron chi connectivity index (χ1n) is 6.48. The molecule has 1 aliphatic heterocycles. The molecule has 0 spiro atoms. The third-order valence-corrected chi connectivity index (χ3v) is 3.46. The van der Waals surface area contributed by atoms with Crippen molar-refractivity contribution >= 4 is 11.6 Å². The highest BCUT2D eigenvalue weighted by Crippen LogP contribution is 2.27. The van der Waals surface area contributed by atoms with Gasteiger partial charge in [-0.3, -0.25) is 14.9 Å². The van der Waals surface area contributed by atoms with E-state index in [1.807, 2.05) is 0 Å². The first kappa shape index (κ1) is 16.2. The maximum atomic E-state index is 13.8. The minimum Gasteiger partial charge on any atom is -0.377 e. The average molecular weight is 318 g/mol. The number of nitro benzene ring substituents is 1. The van der Waals surface area contributed by atoms with Crippen LogP contribution in [0.4, 0.5) is 18.9 Å². The van der Waals surface area contributed by atoms with Gasteiger partial charge in [0.2, 0.25) is 11.6 Å². The van der Waals surface area contributed by atoms with Crippen LogP contribution < -0.4 is 0 Å². The van der Waals surface area contributed by atoms with Gasteiger partial charge in [0.05, 0.1) is 35.8 Å². The number of hydrogen-bond acceptors (Lipinski definition) is 4. The summed E-state index contributed by atoms with van der Waals surface area (Å²) in [5, 5.41) is 10.7. The smallest absolute Gasteiger partial charge is 0.308 e. The quantitative estimate of drug-likeness (QED) is 0.476. The number of hydrogen-bond donors (Lipinski definition) is 0. The van der Waals surface area contributed by atoms with E-state index in [4.69, 9.17) is 4.74 Å². The van der Waals surface area contributed by atoms with Crippen molar-refractivity contribution in [2.75, 3.05) is 13.2 Å². The van der Waals surface area contributed by atoms with E-state index in [0.717, 1.165) is 0 Å². The Balaban J connectivity index is 2.52. The molecule has 2 atom stereocenters. The lowest BCUT2D eigenvalue weighted by molar-refractivity contribution is -0.387. The number of ether oxygens (including phenoxy) is 1. The van der Waals surface area contributed by atoms with Crippen molar-refractivity contribution < 1.29 is 27.6 Å². The number of nitrogens with zero attached hydrogens (tertiary/aromatic N) is 2. The number of nitro groups is 1. The highest BCUT2D eigenvalue weighted by atomic mass is 19.2. The van der Waals surface area contributed by atoms with Gasteiger partial charge in [0.15, 0.2) is 5.82 Å². The highest BCUT2D eigenvalue weighted by molar-refractivity contribution is 5.95. The van der Waals surface area contributed by atoms with Crippen LogP contribution in [-0.2, 0) is 4.74 Å². The average Bonchev–Trinajstić information content (AvgIpc) is 2.44. The molecule has 120 valence electrons. The molecule has 1 saturated heterocycles. The Morgan fingerprint density at radius 2 is 1.77 bits per heavy atom. The molecule has 0 aromatic heterocycles. The Bertz CT molecular complexity index is 628. The van der Waals surface area contributed by atoms with E-state index in [9.17, 15) is 28.1 Å². The van der Waals surface area contributed by atoms with E-state index in [0.29, 0.717) is 6.07 Å². The van der Waals surface area contributed by atoms with Crippen LogP contribution in [0.1, 0.15) is 24.2 Å². The number of carbonyl (C=O) groups is 1. The van der Waals surface area contributed by atoms with Crippen molar-refractivity contribution in [1.29, 1.82) is 0 Å². The molecule has 22 heavy (non-hydrogen) atoms. The zero-order valence-electron chi connectivity index (χ0n) is 11.8. The molecule has 1 amide bonds. The van der Waals surface area contributed by atoms with E-state index in [1.165, 1.54) is 4.90 Å². The summed E-state index contributed by atoms with van der Waals surface area (Å²) in [7, 11) is 0. The molecule has 1 aromatic carbocycles. The second-order valence-electron chi connectivity index (χ2n) is 5.09. The van der Waals surface area contributed by atoms with Crippen molar-refractivity contribution in [3.8, 4) is 0 Å². The van der Waals surface area contributed by atoms with E-state index in [1.54, 1.807) is 13.8 Å². The van der Waals surface area contributed by atoms with Crippen molar-refractivity contribution in [1.82, 2.24) is 4.90 Å². The van der Waals surface area contributed by atoms with Crippen LogP contribution in [0.3, 0.4) is 0 Å². The second-order valence-corrected chi connectivity index (χ2v) is 5.09. The summed E-state index contributed by atoms with van der Waals surface area (Å²) in [6.07, 6.45) is 0. The zero-order chi connectivity index (χ0) is 16.6. The van der Waals surface area contributed by atoms with Gasteiger partial charge in [-0.1, -0.05) is 0 Å². The summed E-state index contributed by atoms with van der Waals surface area (Å²) < 4.78 is 45.9.